The lowest BCUT2D eigenvalue weighted by atomic mass is 10.3. The van der Waals surface area contributed by atoms with Crippen LogP contribution in [0.2, 0.25) is 0 Å². The van der Waals surface area contributed by atoms with Crippen LogP contribution in [0.4, 0.5) is 5.82 Å². The first-order valence-electron chi connectivity index (χ1n) is 5.21. The quantitative estimate of drug-likeness (QED) is 0.828. The molecular formula is C12H13N3O2. The summed E-state index contributed by atoms with van der Waals surface area (Å²) in [5, 5.41) is 12.2. The Balaban J connectivity index is 2.56. The maximum absolute atomic E-state index is 11.1. The van der Waals surface area contributed by atoms with E-state index in [9.17, 15) is 9.90 Å². The monoisotopic (exact) mass is 231 g/mol. The van der Waals surface area contributed by atoms with E-state index in [-0.39, 0.29) is 11.8 Å². The molecule has 88 valence electrons. The number of hydrogen-bond donors (Lipinski definition) is 2. The van der Waals surface area contributed by atoms with Crippen molar-refractivity contribution < 1.29 is 9.90 Å². The lowest BCUT2D eigenvalue weighted by Gasteiger charge is -2.09. The zero-order chi connectivity index (χ0) is 12.4. The van der Waals surface area contributed by atoms with Crippen molar-refractivity contribution in [1.82, 2.24) is 9.55 Å². The Bertz CT molecular complexity index is 546. The Morgan fingerprint density at radius 2 is 2.00 bits per heavy atom. The van der Waals surface area contributed by atoms with E-state index in [0.717, 1.165) is 5.69 Å². The van der Waals surface area contributed by atoms with Gasteiger partial charge in [-0.05, 0) is 19.1 Å². The third kappa shape index (κ3) is 2.13. The van der Waals surface area contributed by atoms with Crippen LogP contribution in [-0.2, 0) is 4.79 Å². The minimum atomic E-state index is -0.252. The van der Waals surface area contributed by atoms with Crippen LogP contribution < -0.4 is 5.32 Å². The number of amides is 1. The number of aromatic hydroxyl groups is 1. The summed E-state index contributed by atoms with van der Waals surface area (Å²) in [5.74, 6) is 0.470. The number of para-hydroxylation sites is 1. The van der Waals surface area contributed by atoms with Crippen LogP contribution in [0.3, 0.4) is 0 Å². The van der Waals surface area contributed by atoms with E-state index < -0.39 is 0 Å². The Kier molecular flexibility index (Phi) is 2.82. The summed E-state index contributed by atoms with van der Waals surface area (Å²) in [7, 11) is 0. The molecule has 0 atom stereocenters. The van der Waals surface area contributed by atoms with E-state index >= 15 is 0 Å². The van der Waals surface area contributed by atoms with Crippen molar-refractivity contribution in [2.24, 2.45) is 0 Å². The average molecular weight is 231 g/mol. The van der Waals surface area contributed by atoms with E-state index in [1.165, 1.54) is 6.92 Å². The normalized spacial score (nSPS) is 10.2. The molecule has 0 saturated heterocycles. The fraction of sp³-hybridized carbons (Fsp3) is 0.167. The molecule has 1 aromatic heterocycles. The van der Waals surface area contributed by atoms with E-state index in [2.05, 4.69) is 10.3 Å². The van der Waals surface area contributed by atoms with Crippen molar-refractivity contribution in [2.75, 3.05) is 5.32 Å². The first-order valence-corrected chi connectivity index (χ1v) is 5.21. The third-order valence-electron chi connectivity index (χ3n) is 2.34. The number of anilines is 1. The number of nitrogens with one attached hydrogen (secondary N) is 1. The zero-order valence-corrected chi connectivity index (χ0v) is 9.64. The summed E-state index contributed by atoms with van der Waals surface area (Å²) in [6.45, 7) is 3.15. The molecule has 2 rings (SSSR count). The largest absolute Gasteiger partial charge is 0.491 e. The predicted molar refractivity (Wildman–Crippen MR) is 64.3 cm³/mol. The summed E-state index contributed by atoms with van der Waals surface area (Å²) in [6.07, 6.45) is 0. The van der Waals surface area contributed by atoms with Crippen molar-refractivity contribution >= 4 is 11.7 Å². The number of aromatic nitrogens is 2. The molecule has 0 aliphatic rings. The van der Waals surface area contributed by atoms with Crippen molar-refractivity contribution in [1.29, 1.82) is 0 Å². The Labute approximate surface area is 98.7 Å². The van der Waals surface area contributed by atoms with Crippen LogP contribution >= 0.6 is 0 Å². The van der Waals surface area contributed by atoms with Crippen LogP contribution in [0.25, 0.3) is 5.69 Å². The molecule has 0 saturated carbocycles. The molecule has 1 aromatic carbocycles. The number of aryl methyl sites for hydroxylation is 1. The first kappa shape index (κ1) is 11.2. The number of benzene rings is 1. The van der Waals surface area contributed by atoms with Gasteiger partial charge in [0.25, 0.3) is 5.88 Å². The van der Waals surface area contributed by atoms with Gasteiger partial charge < -0.3 is 10.4 Å². The number of rotatable bonds is 2. The number of nitrogens with zero attached hydrogens (tertiary/aromatic N) is 2. The predicted octanol–water partition coefficient (Wildman–Crippen LogP) is 1.84. The van der Waals surface area contributed by atoms with Crippen molar-refractivity contribution in [3.63, 3.8) is 0 Å². The van der Waals surface area contributed by atoms with Crippen molar-refractivity contribution in [3.05, 3.63) is 36.2 Å². The minimum Gasteiger partial charge on any atom is -0.491 e. The molecule has 0 bridgehead atoms. The summed E-state index contributed by atoms with van der Waals surface area (Å²) >= 11 is 0. The van der Waals surface area contributed by atoms with Gasteiger partial charge in [0, 0.05) is 12.6 Å². The highest BCUT2D eigenvalue weighted by Gasteiger charge is 2.16. The smallest absolute Gasteiger partial charge is 0.255 e. The molecule has 0 fully saturated rings. The second-order valence-corrected chi connectivity index (χ2v) is 3.68. The van der Waals surface area contributed by atoms with Gasteiger partial charge in [0.15, 0.2) is 5.82 Å². The maximum Gasteiger partial charge on any atom is 0.255 e. The number of carbonyl (C=O) groups is 1. The Morgan fingerprint density at radius 3 is 2.59 bits per heavy atom. The van der Waals surface area contributed by atoms with Gasteiger partial charge in [-0.15, -0.1) is 0 Å². The molecule has 2 aromatic rings. The van der Waals surface area contributed by atoms with Gasteiger partial charge in [-0.3, -0.25) is 9.36 Å². The van der Waals surface area contributed by atoms with Crippen LogP contribution in [0.5, 0.6) is 5.88 Å². The molecule has 0 aliphatic heterocycles. The van der Waals surface area contributed by atoms with Gasteiger partial charge in [-0.2, -0.15) is 4.98 Å². The van der Waals surface area contributed by atoms with Gasteiger partial charge in [-0.25, -0.2) is 0 Å². The van der Waals surface area contributed by atoms with Crippen LogP contribution in [0, 0.1) is 6.92 Å². The molecule has 0 radical (unpaired) electrons. The second-order valence-electron chi connectivity index (χ2n) is 3.68. The molecule has 1 heterocycles. The minimum absolute atomic E-state index is 0.179. The van der Waals surface area contributed by atoms with E-state index in [4.69, 9.17) is 0 Å². The van der Waals surface area contributed by atoms with Gasteiger partial charge in [0.05, 0.1) is 0 Å². The highest BCUT2D eigenvalue weighted by Crippen LogP contribution is 2.27. The summed E-state index contributed by atoms with van der Waals surface area (Å²) < 4.78 is 1.69. The highest BCUT2D eigenvalue weighted by atomic mass is 16.3. The molecular weight excluding hydrogens is 218 g/mol. The molecule has 1 amide bonds. The first-order chi connectivity index (χ1) is 8.09. The number of carbonyl (C=O) groups excluding carboxylic acids is 1. The van der Waals surface area contributed by atoms with Gasteiger partial charge in [0.1, 0.15) is 5.82 Å². The van der Waals surface area contributed by atoms with Crippen molar-refractivity contribution in [2.45, 2.75) is 13.8 Å². The molecule has 5 heteroatoms. The topological polar surface area (TPSA) is 67.2 Å². The van der Waals surface area contributed by atoms with Crippen LogP contribution in [-0.4, -0.2) is 20.6 Å². The van der Waals surface area contributed by atoms with Gasteiger partial charge >= 0.3 is 0 Å². The average Bonchev–Trinajstić information content (AvgIpc) is 2.54. The Hall–Kier alpha value is -2.30. The van der Waals surface area contributed by atoms with Gasteiger partial charge in [-0.1, -0.05) is 18.2 Å². The lowest BCUT2D eigenvalue weighted by molar-refractivity contribution is -0.114. The molecule has 0 aliphatic carbocycles. The van der Waals surface area contributed by atoms with Crippen molar-refractivity contribution in [3.8, 4) is 11.6 Å². The summed E-state index contributed by atoms with van der Waals surface area (Å²) in [6, 6.07) is 9.40. The van der Waals surface area contributed by atoms with Crippen LogP contribution in [0.1, 0.15) is 12.7 Å². The third-order valence-corrected chi connectivity index (χ3v) is 2.34. The van der Waals surface area contributed by atoms with Crippen LogP contribution in [0.15, 0.2) is 30.3 Å². The molecule has 0 spiro atoms. The second kappa shape index (κ2) is 4.29. The standard InChI is InChI=1S/C12H13N3O2/c1-8-13-12(17)11(14-9(2)16)15(8)10-6-4-3-5-7-10/h3-7,17H,1-2H3,(H,14,16). The fourth-order valence-corrected chi connectivity index (χ4v) is 1.69. The Morgan fingerprint density at radius 1 is 1.35 bits per heavy atom. The summed E-state index contributed by atoms with van der Waals surface area (Å²) in [4.78, 5) is 15.0. The zero-order valence-electron chi connectivity index (χ0n) is 9.64. The molecule has 0 unspecified atom stereocenters. The number of hydrogen-bond acceptors (Lipinski definition) is 3. The SMILES string of the molecule is CC(=O)Nc1c(O)nc(C)n1-c1ccccc1. The molecule has 2 N–H and O–H groups in total. The maximum atomic E-state index is 11.1. The highest BCUT2D eigenvalue weighted by molar-refractivity contribution is 5.89. The molecule has 17 heavy (non-hydrogen) atoms. The molecule has 5 nitrogen and oxygen atoms in total. The van der Waals surface area contributed by atoms with E-state index in [0.29, 0.717) is 11.6 Å². The van der Waals surface area contributed by atoms with E-state index in [1.807, 2.05) is 30.3 Å². The van der Waals surface area contributed by atoms with Gasteiger partial charge in [0.2, 0.25) is 5.91 Å². The lowest BCUT2D eigenvalue weighted by Crippen LogP contribution is -2.11. The van der Waals surface area contributed by atoms with E-state index in [1.54, 1.807) is 11.5 Å². The number of imidazole rings is 1. The summed E-state index contributed by atoms with van der Waals surface area (Å²) in [5.41, 5.74) is 0.835. The fourth-order valence-electron chi connectivity index (χ4n) is 1.69.